The monoisotopic (exact) mass is 500 g/mol. The molecule has 10 heteroatoms. The first kappa shape index (κ1) is 24.5. The smallest absolute Gasteiger partial charge is 0.250 e. The van der Waals surface area contributed by atoms with Gasteiger partial charge in [-0.05, 0) is 80.2 Å². The molecule has 7 nitrogen and oxygen atoms in total. The van der Waals surface area contributed by atoms with Gasteiger partial charge < -0.3 is 5.32 Å². The number of carbonyl (C=O) groups excluding carboxylic acids is 1. The number of hydrogen-bond donors (Lipinski definition) is 2. The summed E-state index contributed by atoms with van der Waals surface area (Å²) in [5, 5.41) is 6.08. The first-order valence-electron chi connectivity index (χ1n) is 9.80. The van der Waals surface area contributed by atoms with E-state index in [9.17, 15) is 13.2 Å². The number of benzene rings is 2. The number of halogens is 1. The number of sulfone groups is 1. The van der Waals surface area contributed by atoms with Gasteiger partial charge in [0.1, 0.15) is 11.6 Å². The van der Waals surface area contributed by atoms with Crippen molar-refractivity contribution in [3.05, 3.63) is 88.5 Å². The molecule has 0 aliphatic carbocycles. The minimum Gasteiger partial charge on any atom is -0.332 e. The average Bonchev–Trinajstić information content (AvgIpc) is 2.72. The van der Waals surface area contributed by atoms with Gasteiger partial charge in [0.15, 0.2) is 14.9 Å². The molecule has 3 rings (SSSR count). The lowest BCUT2D eigenvalue weighted by atomic mass is 10.2. The maximum atomic E-state index is 12.7. The van der Waals surface area contributed by atoms with Crippen LogP contribution in [-0.2, 0) is 20.4 Å². The van der Waals surface area contributed by atoms with Crippen LogP contribution in [0.15, 0.2) is 65.6 Å². The molecule has 0 aliphatic heterocycles. The van der Waals surface area contributed by atoms with Gasteiger partial charge in [-0.25, -0.2) is 18.4 Å². The summed E-state index contributed by atoms with van der Waals surface area (Å²) in [4.78, 5) is 20.6. The normalized spacial score (nSPS) is 11.4. The summed E-state index contributed by atoms with van der Waals surface area (Å²) >= 11 is 11.0. The fraction of sp³-hybridized carbons (Fsp3) is 0.130. The van der Waals surface area contributed by atoms with E-state index >= 15 is 0 Å². The van der Waals surface area contributed by atoms with E-state index in [2.05, 4.69) is 20.6 Å². The predicted molar refractivity (Wildman–Crippen MR) is 134 cm³/mol. The zero-order chi connectivity index (χ0) is 24.0. The van der Waals surface area contributed by atoms with Crippen molar-refractivity contribution in [2.75, 3.05) is 5.32 Å². The van der Waals surface area contributed by atoms with Crippen molar-refractivity contribution in [1.29, 1.82) is 0 Å². The van der Waals surface area contributed by atoms with Crippen LogP contribution in [0.4, 0.5) is 5.69 Å². The second kappa shape index (κ2) is 10.7. The van der Waals surface area contributed by atoms with E-state index < -0.39 is 15.7 Å². The molecule has 1 heterocycles. The van der Waals surface area contributed by atoms with Crippen LogP contribution in [0.1, 0.15) is 22.8 Å². The van der Waals surface area contributed by atoms with Gasteiger partial charge in [-0.15, -0.1) is 0 Å². The van der Waals surface area contributed by atoms with Crippen molar-refractivity contribution >= 4 is 56.4 Å². The molecule has 0 atom stereocenters. The molecule has 3 aromatic rings. The number of anilines is 1. The Hall–Kier alpha value is -3.14. The molecule has 0 spiro atoms. The van der Waals surface area contributed by atoms with E-state index in [0.29, 0.717) is 22.1 Å². The fourth-order valence-corrected chi connectivity index (χ4v) is 4.46. The number of hydrogen-bond acceptors (Lipinski definition) is 6. The molecule has 170 valence electrons. The number of rotatable bonds is 6. The second-order valence-electron chi connectivity index (χ2n) is 7.18. The summed E-state index contributed by atoms with van der Waals surface area (Å²) in [5.41, 5.74) is 2.77. The molecule has 1 amide bonds. The molecule has 0 radical (unpaired) electrons. The summed E-state index contributed by atoms with van der Waals surface area (Å²) in [7, 11) is -3.62. The van der Waals surface area contributed by atoms with E-state index in [4.69, 9.17) is 23.8 Å². The lowest BCUT2D eigenvalue weighted by Crippen LogP contribution is -2.32. The van der Waals surface area contributed by atoms with Gasteiger partial charge in [0.25, 0.3) is 0 Å². The highest BCUT2D eigenvalue weighted by Gasteiger charge is 2.18. The first-order valence-corrected chi connectivity index (χ1v) is 12.2. The molecule has 0 fully saturated rings. The Morgan fingerprint density at radius 1 is 1.03 bits per heavy atom. The summed E-state index contributed by atoms with van der Waals surface area (Å²) in [6.45, 7) is 3.58. The highest BCUT2D eigenvalue weighted by Crippen LogP contribution is 2.18. The van der Waals surface area contributed by atoms with E-state index in [1.165, 1.54) is 18.2 Å². The zero-order valence-corrected chi connectivity index (χ0v) is 20.3. The number of nitrogens with one attached hydrogen (secondary N) is 2. The van der Waals surface area contributed by atoms with Gasteiger partial charge >= 0.3 is 0 Å². The van der Waals surface area contributed by atoms with E-state index in [-0.39, 0.29) is 21.6 Å². The minimum atomic E-state index is -3.62. The third-order valence-electron chi connectivity index (χ3n) is 4.35. The lowest BCUT2D eigenvalue weighted by Gasteiger charge is -2.10. The van der Waals surface area contributed by atoms with Gasteiger partial charge in [0.2, 0.25) is 5.91 Å². The number of carbonyl (C=O) groups is 1. The summed E-state index contributed by atoms with van der Waals surface area (Å²) in [6, 6.07) is 14.9. The Balaban J connectivity index is 1.58. The number of aryl methyl sites for hydroxylation is 2. The van der Waals surface area contributed by atoms with Crippen LogP contribution < -0.4 is 10.6 Å². The van der Waals surface area contributed by atoms with Crippen molar-refractivity contribution in [3.63, 3.8) is 0 Å². The Bertz CT molecular complexity index is 1290. The molecule has 2 N–H and O–H groups in total. The van der Waals surface area contributed by atoms with E-state index in [1.807, 2.05) is 0 Å². The van der Waals surface area contributed by atoms with Gasteiger partial charge in [0.05, 0.1) is 4.90 Å². The van der Waals surface area contributed by atoms with Crippen LogP contribution in [0.5, 0.6) is 0 Å². The lowest BCUT2D eigenvalue weighted by molar-refractivity contribution is -0.115. The molecule has 0 bridgehead atoms. The van der Waals surface area contributed by atoms with Gasteiger partial charge in [-0.3, -0.25) is 10.1 Å². The van der Waals surface area contributed by atoms with Gasteiger partial charge in [-0.2, -0.15) is 0 Å². The topological polar surface area (TPSA) is 101 Å². The SMILES string of the molecule is Cc1cc(C)nc(CS(=O)(=O)c2ccc(NC(=S)NC(=O)/C=C/c3ccc(Cl)cc3)cc2)n1. The van der Waals surface area contributed by atoms with Crippen LogP contribution in [0, 0.1) is 13.8 Å². The van der Waals surface area contributed by atoms with Crippen molar-refractivity contribution < 1.29 is 13.2 Å². The minimum absolute atomic E-state index is 0.0833. The van der Waals surface area contributed by atoms with Crippen LogP contribution >= 0.6 is 23.8 Å². The quantitative estimate of drug-likeness (QED) is 0.385. The average molecular weight is 501 g/mol. The van der Waals surface area contributed by atoms with E-state index in [1.54, 1.807) is 62.4 Å². The Morgan fingerprint density at radius 3 is 2.24 bits per heavy atom. The van der Waals surface area contributed by atoms with Crippen LogP contribution in [-0.4, -0.2) is 29.4 Å². The number of nitrogens with zero attached hydrogens (tertiary/aromatic N) is 2. The number of thiocarbonyl (C=S) groups is 1. The Labute approximate surface area is 202 Å². The Kier molecular flexibility index (Phi) is 7.91. The van der Waals surface area contributed by atoms with Crippen molar-refractivity contribution in [3.8, 4) is 0 Å². The van der Waals surface area contributed by atoms with Crippen molar-refractivity contribution in [2.24, 2.45) is 0 Å². The van der Waals surface area contributed by atoms with Gasteiger partial charge in [-0.1, -0.05) is 23.7 Å². The fourth-order valence-electron chi connectivity index (χ4n) is 2.92. The third kappa shape index (κ3) is 7.45. The van der Waals surface area contributed by atoms with Crippen LogP contribution in [0.3, 0.4) is 0 Å². The van der Waals surface area contributed by atoms with Crippen LogP contribution in [0.25, 0.3) is 6.08 Å². The molecule has 0 unspecified atom stereocenters. The highest BCUT2D eigenvalue weighted by molar-refractivity contribution is 7.90. The molecular weight excluding hydrogens is 480 g/mol. The maximum Gasteiger partial charge on any atom is 0.250 e. The number of amides is 1. The third-order valence-corrected chi connectivity index (χ3v) is 6.44. The number of aromatic nitrogens is 2. The standard InChI is InChI=1S/C23H21ClN4O3S2/c1-15-13-16(2)26-21(25-15)14-33(30,31)20-10-8-19(9-11-20)27-23(32)28-22(29)12-5-17-3-6-18(24)7-4-17/h3-13H,14H2,1-2H3,(H2,27,28,29,32)/b12-5+. The zero-order valence-electron chi connectivity index (χ0n) is 17.9. The van der Waals surface area contributed by atoms with Crippen LogP contribution in [0.2, 0.25) is 5.02 Å². The molecule has 2 aromatic carbocycles. The predicted octanol–water partition coefficient (Wildman–Crippen LogP) is 4.25. The first-order chi connectivity index (χ1) is 15.6. The second-order valence-corrected chi connectivity index (χ2v) is 10.0. The molecular formula is C23H21ClN4O3S2. The summed E-state index contributed by atoms with van der Waals surface area (Å²) in [5.74, 6) is -0.447. The maximum absolute atomic E-state index is 12.7. The van der Waals surface area contributed by atoms with Crippen molar-refractivity contribution in [1.82, 2.24) is 15.3 Å². The molecule has 0 saturated heterocycles. The molecule has 1 aromatic heterocycles. The summed E-state index contributed by atoms with van der Waals surface area (Å²) in [6.07, 6.45) is 2.98. The molecule has 0 aliphatic rings. The molecule has 33 heavy (non-hydrogen) atoms. The van der Waals surface area contributed by atoms with Crippen molar-refractivity contribution in [2.45, 2.75) is 24.5 Å². The van der Waals surface area contributed by atoms with E-state index in [0.717, 1.165) is 5.56 Å². The Morgan fingerprint density at radius 2 is 1.64 bits per heavy atom. The summed E-state index contributed by atoms with van der Waals surface area (Å²) < 4.78 is 25.4. The molecule has 0 saturated carbocycles. The highest BCUT2D eigenvalue weighted by atomic mass is 35.5. The van der Waals surface area contributed by atoms with Gasteiger partial charge in [0, 0.05) is 28.2 Å². The largest absolute Gasteiger partial charge is 0.332 e.